The fourth-order valence-electron chi connectivity index (χ4n) is 5.19. The highest BCUT2D eigenvalue weighted by atomic mass is 32.2. The normalized spacial score (nSPS) is 25.5. The number of rotatable bonds is 9. The molecule has 4 N–H and O–H groups in total. The highest BCUT2D eigenvalue weighted by Crippen LogP contribution is 2.40. The Labute approximate surface area is 199 Å². The van der Waals surface area contributed by atoms with Crippen LogP contribution in [-0.4, -0.2) is 81.1 Å². The fraction of sp³-hybridized carbons (Fsp3) is 0.667. The first kappa shape index (κ1) is 23.3. The number of fused-ring (bicyclic) bond motifs is 2. The van der Waals surface area contributed by atoms with E-state index >= 15 is 0 Å². The van der Waals surface area contributed by atoms with E-state index in [2.05, 4.69) is 30.8 Å². The Morgan fingerprint density at radius 2 is 1.91 bits per heavy atom. The van der Waals surface area contributed by atoms with E-state index in [9.17, 15) is 13.5 Å². The molecule has 2 aromatic rings. The monoisotopic (exact) mass is 492 g/mol. The molecule has 5 rings (SSSR count). The summed E-state index contributed by atoms with van der Waals surface area (Å²) in [6.45, 7) is 1.82. The molecule has 3 aliphatic heterocycles. The minimum atomic E-state index is -3.35. The van der Waals surface area contributed by atoms with E-state index in [1.54, 1.807) is 23.5 Å². The Bertz CT molecular complexity index is 1090. The number of nitrogens with one attached hydrogen (secondary N) is 3. The molecule has 2 unspecified atom stereocenters. The molecule has 3 aliphatic rings. The third-order valence-corrected chi connectivity index (χ3v) is 9.08. The van der Waals surface area contributed by atoms with Crippen LogP contribution in [0.15, 0.2) is 12.1 Å². The lowest BCUT2D eigenvalue weighted by Gasteiger charge is -2.50. The predicted octanol–water partition coefficient (Wildman–Crippen LogP) is 1.44. The molecule has 5 heterocycles. The van der Waals surface area contributed by atoms with Gasteiger partial charge in [0, 0.05) is 43.9 Å². The van der Waals surface area contributed by atoms with Gasteiger partial charge in [-0.25, -0.2) is 0 Å². The van der Waals surface area contributed by atoms with Gasteiger partial charge in [0.05, 0.1) is 19.4 Å². The number of hydrogen-bond donors (Lipinski definition) is 4. The highest BCUT2D eigenvalue weighted by molar-refractivity contribution is 7.86. The molecule has 2 aromatic heterocycles. The molecule has 12 nitrogen and oxygen atoms in total. The number of anilines is 3. The predicted molar refractivity (Wildman–Crippen MR) is 126 cm³/mol. The van der Waals surface area contributed by atoms with Gasteiger partial charge in [-0.3, -0.25) is 5.10 Å². The summed E-state index contributed by atoms with van der Waals surface area (Å²) in [5, 5.41) is 22.4. The van der Waals surface area contributed by atoms with Crippen LogP contribution in [0.3, 0.4) is 0 Å². The van der Waals surface area contributed by atoms with Crippen LogP contribution in [0.25, 0.3) is 0 Å². The van der Waals surface area contributed by atoms with Crippen LogP contribution in [0, 0.1) is 5.92 Å². The number of aromatic nitrogens is 4. The van der Waals surface area contributed by atoms with Crippen molar-refractivity contribution in [3.63, 3.8) is 0 Å². The Morgan fingerprint density at radius 1 is 1.15 bits per heavy atom. The summed E-state index contributed by atoms with van der Waals surface area (Å²) in [5.41, 5.74) is 0.592. The van der Waals surface area contributed by atoms with Crippen molar-refractivity contribution in [1.29, 1.82) is 0 Å². The Morgan fingerprint density at radius 3 is 2.53 bits per heavy atom. The van der Waals surface area contributed by atoms with E-state index < -0.39 is 10.2 Å². The van der Waals surface area contributed by atoms with Crippen LogP contribution < -0.4 is 15.4 Å². The molecule has 3 saturated heterocycles. The Hall–Kier alpha value is -2.48. The van der Waals surface area contributed by atoms with Gasteiger partial charge in [0.2, 0.25) is 11.8 Å². The first-order valence-corrected chi connectivity index (χ1v) is 13.2. The van der Waals surface area contributed by atoms with Gasteiger partial charge in [0.15, 0.2) is 5.82 Å². The van der Waals surface area contributed by atoms with Crippen molar-refractivity contribution in [2.24, 2.45) is 5.92 Å². The Kier molecular flexibility index (Phi) is 6.60. The summed E-state index contributed by atoms with van der Waals surface area (Å²) in [5.74, 6) is 2.21. The number of hydrogen-bond acceptors (Lipinski definition) is 9. The van der Waals surface area contributed by atoms with Crippen molar-refractivity contribution < 1.29 is 18.3 Å². The molecule has 2 atom stereocenters. The summed E-state index contributed by atoms with van der Waals surface area (Å²) < 4.78 is 35.0. The molecule has 0 amide bonds. The van der Waals surface area contributed by atoms with Crippen molar-refractivity contribution in [2.45, 2.75) is 57.2 Å². The van der Waals surface area contributed by atoms with E-state index in [0.29, 0.717) is 54.7 Å². The van der Waals surface area contributed by atoms with Crippen molar-refractivity contribution in [3.8, 4) is 5.88 Å². The summed E-state index contributed by atoms with van der Waals surface area (Å²) >= 11 is 0. The van der Waals surface area contributed by atoms with E-state index in [0.717, 1.165) is 38.5 Å². The lowest BCUT2D eigenvalue weighted by Crippen LogP contribution is -2.60. The number of H-pyrrole nitrogens is 1. The average Bonchev–Trinajstić information content (AvgIpc) is 3.22. The summed E-state index contributed by atoms with van der Waals surface area (Å²) in [7, 11) is -1.80. The minimum Gasteiger partial charge on any atom is -0.481 e. The quantitative estimate of drug-likeness (QED) is 0.408. The van der Waals surface area contributed by atoms with E-state index in [1.807, 2.05) is 4.31 Å². The molecule has 34 heavy (non-hydrogen) atoms. The van der Waals surface area contributed by atoms with Gasteiger partial charge in [-0.2, -0.15) is 32.1 Å². The van der Waals surface area contributed by atoms with Crippen LogP contribution >= 0.6 is 0 Å². The second-order valence-electron chi connectivity index (χ2n) is 9.23. The van der Waals surface area contributed by atoms with Crippen LogP contribution in [0.2, 0.25) is 0 Å². The number of ether oxygens (including phenoxy) is 1. The third kappa shape index (κ3) is 4.69. The van der Waals surface area contributed by atoms with Crippen LogP contribution in [0.1, 0.15) is 44.2 Å². The molecule has 0 aliphatic carbocycles. The minimum absolute atomic E-state index is 0.0636. The van der Waals surface area contributed by atoms with Crippen molar-refractivity contribution in [3.05, 3.63) is 17.8 Å². The smallest absolute Gasteiger partial charge is 0.282 e. The van der Waals surface area contributed by atoms with Gasteiger partial charge >= 0.3 is 0 Å². The van der Waals surface area contributed by atoms with Gasteiger partial charge in [0.1, 0.15) is 5.82 Å². The van der Waals surface area contributed by atoms with E-state index in [4.69, 9.17) is 4.74 Å². The zero-order valence-corrected chi connectivity index (χ0v) is 20.1. The van der Waals surface area contributed by atoms with Crippen LogP contribution in [0.4, 0.5) is 17.6 Å². The molecule has 186 valence electrons. The topological polar surface area (TPSA) is 149 Å². The van der Waals surface area contributed by atoms with Gasteiger partial charge in [-0.15, -0.1) is 0 Å². The molecular weight excluding hydrogens is 460 g/mol. The summed E-state index contributed by atoms with van der Waals surface area (Å²) in [6.07, 6.45) is 5.55. The highest BCUT2D eigenvalue weighted by Gasteiger charge is 2.47. The second-order valence-corrected chi connectivity index (χ2v) is 11.1. The average molecular weight is 493 g/mol. The maximum absolute atomic E-state index is 13.1. The molecule has 13 heteroatoms. The number of piperidine rings is 2. The molecule has 0 saturated carbocycles. The van der Waals surface area contributed by atoms with Gasteiger partial charge in [0.25, 0.3) is 10.2 Å². The summed E-state index contributed by atoms with van der Waals surface area (Å²) in [4.78, 5) is 8.92. The van der Waals surface area contributed by atoms with Crippen molar-refractivity contribution >= 4 is 27.8 Å². The van der Waals surface area contributed by atoms with Crippen LogP contribution in [0.5, 0.6) is 5.88 Å². The number of aliphatic hydroxyl groups is 1. The number of aliphatic hydroxyl groups excluding tert-OH is 1. The second kappa shape index (κ2) is 9.64. The number of aromatic amines is 1. The Balaban J connectivity index is 1.24. The molecule has 0 radical (unpaired) electrons. The molecule has 0 spiro atoms. The zero-order chi connectivity index (χ0) is 23.7. The summed E-state index contributed by atoms with van der Waals surface area (Å²) in [6, 6.07) is 3.49. The standard InChI is InChI=1S/C21H32N8O4S/c1-33-20-11-18(23-19-10-15(13-30)26-27-19)24-21(25-20)22-12-14-8-16-4-2-5-17(9-14)29(16)34(31,32)28-6-3-7-28/h10-11,14,16-17,30H,2-9,12-13H2,1H3,(H3,22,23,24,25,26,27). The maximum Gasteiger partial charge on any atom is 0.282 e. The fourth-order valence-corrected chi connectivity index (χ4v) is 7.31. The van der Waals surface area contributed by atoms with Gasteiger partial charge in [-0.05, 0) is 38.0 Å². The molecular formula is C21H32N8O4S. The van der Waals surface area contributed by atoms with E-state index in [1.165, 1.54) is 0 Å². The van der Waals surface area contributed by atoms with Crippen molar-refractivity contribution in [2.75, 3.05) is 37.4 Å². The maximum atomic E-state index is 13.1. The van der Waals surface area contributed by atoms with Gasteiger partial charge < -0.3 is 20.5 Å². The van der Waals surface area contributed by atoms with Crippen LogP contribution in [-0.2, 0) is 16.8 Å². The van der Waals surface area contributed by atoms with Crippen molar-refractivity contribution in [1.82, 2.24) is 28.8 Å². The molecule has 2 bridgehead atoms. The SMILES string of the molecule is COc1cc(Nc2cc(CO)[nH]n2)nc(NCC2CC3CCCC(C2)N3S(=O)(=O)N2CCC2)n1. The van der Waals surface area contributed by atoms with E-state index in [-0.39, 0.29) is 18.7 Å². The molecule has 0 aromatic carbocycles. The first-order chi connectivity index (χ1) is 16.5. The van der Waals surface area contributed by atoms with Gasteiger partial charge in [-0.1, -0.05) is 6.42 Å². The number of methoxy groups -OCH3 is 1. The largest absolute Gasteiger partial charge is 0.481 e. The third-order valence-electron chi connectivity index (χ3n) is 6.93. The lowest BCUT2D eigenvalue weighted by atomic mass is 9.80. The number of nitrogens with zero attached hydrogens (tertiary/aromatic N) is 5. The zero-order valence-electron chi connectivity index (χ0n) is 19.3. The molecule has 3 fully saturated rings. The first-order valence-electron chi connectivity index (χ1n) is 11.8. The lowest BCUT2D eigenvalue weighted by molar-refractivity contribution is 0.0797.